The second-order valence-corrected chi connectivity index (χ2v) is 6.94. The van der Waals surface area contributed by atoms with E-state index in [1.54, 1.807) is 0 Å². The van der Waals surface area contributed by atoms with Gasteiger partial charge in [0, 0.05) is 23.6 Å². The lowest BCUT2D eigenvalue weighted by Gasteiger charge is -2.29. The predicted octanol–water partition coefficient (Wildman–Crippen LogP) is 4.05. The molecule has 2 atom stereocenters. The van der Waals surface area contributed by atoms with Gasteiger partial charge < -0.3 is 10.2 Å². The van der Waals surface area contributed by atoms with Gasteiger partial charge in [-0.25, -0.2) is 0 Å². The molecule has 1 fully saturated rings. The summed E-state index contributed by atoms with van der Waals surface area (Å²) in [5, 5.41) is 3.54. The smallest absolute Gasteiger partial charge is 0.0242 e. The Kier molecular flexibility index (Phi) is 6.53. The van der Waals surface area contributed by atoms with E-state index in [-0.39, 0.29) is 0 Å². The Bertz CT molecular complexity index is 408. The van der Waals surface area contributed by atoms with Gasteiger partial charge in [0.15, 0.2) is 0 Å². The molecule has 0 spiro atoms. The molecule has 0 bridgehead atoms. The molecule has 2 nitrogen and oxygen atoms in total. The van der Waals surface area contributed by atoms with E-state index in [4.69, 9.17) is 0 Å². The maximum Gasteiger partial charge on any atom is 0.0242 e. The lowest BCUT2D eigenvalue weighted by atomic mass is 9.94. The predicted molar refractivity (Wildman–Crippen MR) is 89.9 cm³/mol. The molecule has 0 aliphatic heterocycles. The molecule has 0 radical (unpaired) electrons. The molecule has 0 aromatic heterocycles. The SMILES string of the molecule is CNC1CCCCCC1CN(C)Cc1ccccc1Br. The first-order valence-electron chi connectivity index (χ1n) is 7.80. The molecule has 0 saturated heterocycles. The number of nitrogens with one attached hydrogen (secondary N) is 1. The summed E-state index contributed by atoms with van der Waals surface area (Å²) in [5.74, 6) is 0.787. The minimum absolute atomic E-state index is 0.694. The van der Waals surface area contributed by atoms with Gasteiger partial charge >= 0.3 is 0 Å². The Morgan fingerprint density at radius 2 is 1.95 bits per heavy atom. The van der Waals surface area contributed by atoms with Crippen LogP contribution in [0.2, 0.25) is 0 Å². The molecular formula is C17H27BrN2. The highest BCUT2D eigenvalue weighted by molar-refractivity contribution is 9.10. The number of hydrogen-bond donors (Lipinski definition) is 1. The second-order valence-electron chi connectivity index (χ2n) is 6.08. The van der Waals surface area contributed by atoms with Gasteiger partial charge in [0.2, 0.25) is 0 Å². The highest BCUT2D eigenvalue weighted by atomic mass is 79.9. The van der Waals surface area contributed by atoms with E-state index in [0.29, 0.717) is 6.04 Å². The molecule has 1 aromatic carbocycles. The normalized spacial score (nSPS) is 23.8. The summed E-state index contributed by atoms with van der Waals surface area (Å²) in [7, 11) is 4.37. The molecule has 1 aliphatic carbocycles. The summed E-state index contributed by atoms with van der Waals surface area (Å²) in [4.78, 5) is 2.47. The summed E-state index contributed by atoms with van der Waals surface area (Å²) in [6.45, 7) is 2.21. The quantitative estimate of drug-likeness (QED) is 0.814. The van der Waals surface area contributed by atoms with Crippen LogP contribution in [0.4, 0.5) is 0 Å². The first kappa shape index (κ1) is 16.0. The van der Waals surface area contributed by atoms with Crippen molar-refractivity contribution in [1.29, 1.82) is 0 Å². The molecule has 1 aliphatic rings. The number of hydrogen-bond acceptors (Lipinski definition) is 2. The zero-order chi connectivity index (χ0) is 14.4. The Hall–Kier alpha value is -0.380. The molecule has 1 saturated carbocycles. The lowest BCUT2D eigenvalue weighted by molar-refractivity contribution is 0.223. The Morgan fingerprint density at radius 3 is 2.70 bits per heavy atom. The third-order valence-electron chi connectivity index (χ3n) is 4.47. The van der Waals surface area contributed by atoms with Crippen molar-refractivity contribution in [3.05, 3.63) is 34.3 Å². The van der Waals surface area contributed by atoms with E-state index in [1.165, 1.54) is 48.7 Å². The van der Waals surface area contributed by atoms with Gasteiger partial charge in [-0.3, -0.25) is 0 Å². The van der Waals surface area contributed by atoms with Crippen molar-refractivity contribution in [3.63, 3.8) is 0 Å². The fraction of sp³-hybridized carbons (Fsp3) is 0.647. The van der Waals surface area contributed by atoms with Crippen molar-refractivity contribution in [2.45, 2.75) is 44.7 Å². The van der Waals surface area contributed by atoms with Crippen LogP contribution in [0.3, 0.4) is 0 Å². The molecule has 1 aromatic rings. The average molecular weight is 339 g/mol. The average Bonchev–Trinajstić information content (AvgIpc) is 2.66. The molecule has 2 rings (SSSR count). The van der Waals surface area contributed by atoms with E-state index >= 15 is 0 Å². The lowest BCUT2D eigenvalue weighted by Crippen LogP contribution is -2.39. The Balaban J connectivity index is 1.92. The third kappa shape index (κ3) is 4.57. The Morgan fingerprint density at radius 1 is 1.20 bits per heavy atom. The highest BCUT2D eigenvalue weighted by Gasteiger charge is 2.23. The number of nitrogens with zero attached hydrogens (tertiary/aromatic N) is 1. The monoisotopic (exact) mass is 338 g/mol. The van der Waals surface area contributed by atoms with Crippen LogP contribution in [0.15, 0.2) is 28.7 Å². The fourth-order valence-electron chi connectivity index (χ4n) is 3.37. The molecule has 2 unspecified atom stereocenters. The molecule has 3 heteroatoms. The zero-order valence-electron chi connectivity index (χ0n) is 12.7. The van der Waals surface area contributed by atoms with Crippen molar-refractivity contribution in [3.8, 4) is 0 Å². The summed E-state index contributed by atoms with van der Waals surface area (Å²) in [5.41, 5.74) is 1.38. The van der Waals surface area contributed by atoms with Gasteiger partial charge in [0.05, 0.1) is 0 Å². The van der Waals surface area contributed by atoms with Gasteiger partial charge in [-0.05, 0) is 44.5 Å². The van der Waals surface area contributed by atoms with Crippen LogP contribution in [-0.2, 0) is 6.54 Å². The van der Waals surface area contributed by atoms with Crippen LogP contribution < -0.4 is 5.32 Å². The molecule has 1 N–H and O–H groups in total. The van der Waals surface area contributed by atoms with Crippen LogP contribution in [0, 0.1) is 5.92 Å². The maximum atomic E-state index is 3.65. The third-order valence-corrected chi connectivity index (χ3v) is 5.25. The number of rotatable bonds is 5. The zero-order valence-corrected chi connectivity index (χ0v) is 14.3. The van der Waals surface area contributed by atoms with Gasteiger partial charge in [-0.1, -0.05) is 53.4 Å². The minimum Gasteiger partial charge on any atom is -0.317 e. The molecule has 0 amide bonds. The fourth-order valence-corrected chi connectivity index (χ4v) is 3.78. The van der Waals surface area contributed by atoms with Gasteiger partial charge in [0.1, 0.15) is 0 Å². The van der Waals surface area contributed by atoms with Gasteiger partial charge in [-0.2, -0.15) is 0 Å². The number of benzene rings is 1. The van der Waals surface area contributed by atoms with E-state index in [0.717, 1.165) is 12.5 Å². The summed E-state index contributed by atoms with van der Waals surface area (Å²) in [6.07, 6.45) is 6.89. The summed E-state index contributed by atoms with van der Waals surface area (Å²) in [6, 6.07) is 9.24. The first-order chi connectivity index (χ1) is 9.70. The van der Waals surface area contributed by atoms with Crippen LogP contribution >= 0.6 is 15.9 Å². The minimum atomic E-state index is 0.694. The van der Waals surface area contributed by atoms with Crippen LogP contribution in [-0.4, -0.2) is 31.6 Å². The van der Waals surface area contributed by atoms with Crippen molar-refractivity contribution in [2.75, 3.05) is 20.6 Å². The summed E-state index contributed by atoms with van der Waals surface area (Å²) < 4.78 is 1.22. The van der Waals surface area contributed by atoms with E-state index in [2.05, 4.69) is 64.5 Å². The second kappa shape index (κ2) is 8.16. The van der Waals surface area contributed by atoms with Crippen molar-refractivity contribution in [2.24, 2.45) is 5.92 Å². The van der Waals surface area contributed by atoms with Crippen molar-refractivity contribution in [1.82, 2.24) is 10.2 Å². The van der Waals surface area contributed by atoms with Crippen molar-refractivity contribution >= 4 is 15.9 Å². The molecular weight excluding hydrogens is 312 g/mol. The van der Waals surface area contributed by atoms with Crippen LogP contribution in [0.5, 0.6) is 0 Å². The van der Waals surface area contributed by atoms with E-state index < -0.39 is 0 Å². The van der Waals surface area contributed by atoms with Crippen LogP contribution in [0.25, 0.3) is 0 Å². The first-order valence-corrected chi connectivity index (χ1v) is 8.59. The van der Waals surface area contributed by atoms with E-state index in [1.807, 2.05) is 0 Å². The topological polar surface area (TPSA) is 15.3 Å². The standard InChI is InChI=1S/C17H27BrN2/c1-19-17-11-5-3-4-9-15(17)13-20(2)12-14-8-6-7-10-16(14)18/h6-8,10,15,17,19H,3-5,9,11-13H2,1-2H3. The molecule has 20 heavy (non-hydrogen) atoms. The van der Waals surface area contributed by atoms with Crippen LogP contribution in [0.1, 0.15) is 37.7 Å². The molecule has 0 heterocycles. The Labute approximate surface area is 132 Å². The van der Waals surface area contributed by atoms with Gasteiger partial charge in [-0.15, -0.1) is 0 Å². The van der Waals surface area contributed by atoms with E-state index in [9.17, 15) is 0 Å². The maximum absolute atomic E-state index is 3.65. The summed E-state index contributed by atoms with van der Waals surface area (Å²) >= 11 is 3.65. The van der Waals surface area contributed by atoms with Gasteiger partial charge in [0.25, 0.3) is 0 Å². The molecule has 112 valence electrons. The largest absolute Gasteiger partial charge is 0.317 e. The number of halogens is 1. The highest BCUT2D eigenvalue weighted by Crippen LogP contribution is 2.25. The van der Waals surface area contributed by atoms with Crippen molar-refractivity contribution < 1.29 is 0 Å².